The Balaban J connectivity index is 1.60. The summed E-state index contributed by atoms with van der Waals surface area (Å²) in [6.45, 7) is 2.89. The van der Waals surface area contributed by atoms with Crippen LogP contribution in [-0.4, -0.2) is 53.7 Å². The third-order valence-corrected chi connectivity index (χ3v) is 4.94. The number of hydrogen-bond donors (Lipinski definition) is 1. The van der Waals surface area contributed by atoms with Crippen molar-refractivity contribution in [2.24, 2.45) is 11.7 Å². The van der Waals surface area contributed by atoms with Crippen molar-refractivity contribution in [3.05, 3.63) is 35.4 Å². The number of carbonyl (C=O) groups excluding carboxylic acids is 3. The van der Waals surface area contributed by atoms with Gasteiger partial charge in [-0.1, -0.05) is 6.07 Å². The lowest BCUT2D eigenvalue weighted by atomic mass is 9.94. The van der Waals surface area contributed by atoms with Crippen LogP contribution in [0.5, 0.6) is 0 Å². The molecule has 3 rings (SSSR count). The third kappa shape index (κ3) is 3.42. The maximum atomic E-state index is 12.6. The summed E-state index contributed by atoms with van der Waals surface area (Å²) in [5.74, 6) is -0.371. The quantitative estimate of drug-likeness (QED) is 0.906. The topological polar surface area (TPSA) is 83.7 Å². The lowest BCUT2D eigenvalue weighted by Gasteiger charge is -2.33. The van der Waals surface area contributed by atoms with Gasteiger partial charge >= 0.3 is 0 Å². The summed E-state index contributed by atoms with van der Waals surface area (Å²) in [5, 5.41) is 0. The van der Waals surface area contributed by atoms with E-state index in [1.807, 2.05) is 4.90 Å². The zero-order valence-electron chi connectivity index (χ0n) is 13.7. The molecule has 2 fully saturated rings. The van der Waals surface area contributed by atoms with Crippen molar-refractivity contribution >= 4 is 17.7 Å². The van der Waals surface area contributed by atoms with Crippen LogP contribution in [0.3, 0.4) is 0 Å². The van der Waals surface area contributed by atoms with Crippen molar-refractivity contribution in [3.63, 3.8) is 0 Å². The number of rotatable bonds is 3. The fourth-order valence-electron chi connectivity index (χ4n) is 3.51. The summed E-state index contributed by atoms with van der Waals surface area (Å²) >= 11 is 0. The van der Waals surface area contributed by atoms with Gasteiger partial charge in [-0.05, 0) is 43.9 Å². The maximum Gasteiger partial charge on any atom is 0.253 e. The number of primary amides is 1. The van der Waals surface area contributed by atoms with Gasteiger partial charge < -0.3 is 15.5 Å². The zero-order chi connectivity index (χ0) is 17.1. The zero-order valence-corrected chi connectivity index (χ0v) is 13.7. The summed E-state index contributed by atoms with van der Waals surface area (Å²) in [5.41, 5.74) is 6.07. The third-order valence-electron chi connectivity index (χ3n) is 4.94. The number of nitrogens with zero attached hydrogens (tertiary/aromatic N) is 2. The van der Waals surface area contributed by atoms with Gasteiger partial charge in [-0.15, -0.1) is 0 Å². The summed E-state index contributed by atoms with van der Waals surface area (Å²) in [6, 6.07) is 6.49. The molecule has 6 nitrogen and oxygen atoms in total. The lowest BCUT2D eigenvalue weighted by molar-refractivity contribution is -0.135. The van der Waals surface area contributed by atoms with E-state index >= 15 is 0 Å². The predicted molar refractivity (Wildman–Crippen MR) is 89.4 cm³/mol. The van der Waals surface area contributed by atoms with Crippen LogP contribution in [0.2, 0.25) is 0 Å². The molecule has 1 aromatic rings. The molecule has 3 amide bonds. The van der Waals surface area contributed by atoms with Crippen molar-refractivity contribution in [1.29, 1.82) is 0 Å². The van der Waals surface area contributed by atoms with E-state index in [1.54, 1.807) is 23.1 Å². The van der Waals surface area contributed by atoms with Gasteiger partial charge in [-0.3, -0.25) is 14.4 Å². The molecule has 2 aliphatic heterocycles. The average molecular weight is 329 g/mol. The van der Waals surface area contributed by atoms with Crippen LogP contribution in [0.4, 0.5) is 0 Å². The van der Waals surface area contributed by atoms with E-state index in [0.717, 1.165) is 25.9 Å². The Morgan fingerprint density at radius 3 is 2.17 bits per heavy atom. The van der Waals surface area contributed by atoms with E-state index in [2.05, 4.69) is 0 Å². The molecule has 0 atom stereocenters. The highest BCUT2D eigenvalue weighted by molar-refractivity contribution is 5.99. The largest absolute Gasteiger partial charge is 0.366 e. The normalized spacial score (nSPS) is 18.7. The second kappa shape index (κ2) is 7.03. The minimum atomic E-state index is -0.542. The number of likely N-dealkylation sites (tertiary alicyclic amines) is 2. The molecule has 24 heavy (non-hydrogen) atoms. The van der Waals surface area contributed by atoms with Gasteiger partial charge in [0.15, 0.2) is 0 Å². The van der Waals surface area contributed by atoms with Gasteiger partial charge in [-0.25, -0.2) is 0 Å². The molecule has 2 heterocycles. The molecule has 2 N–H and O–H groups in total. The molecule has 6 heteroatoms. The molecule has 2 aliphatic rings. The first-order valence-electron chi connectivity index (χ1n) is 8.54. The highest BCUT2D eigenvalue weighted by Crippen LogP contribution is 2.23. The lowest BCUT2D eigenvalue weighted by Crippen LogP contribution is -2.43. The molecular formula is C18H23N3O3. The van der Waals surface area contributed by atoms with Gasteiger partial charge in [0.2, 0.25) is 11.8 Å². The van der Waals surface area contributed by atoms with Crippen molar-refractivity contribution < 1.29 is 14.4 Å². The van der Waals surface area contributed by atoms with Crippen LogP contribution < -0.4 is 5.73 Å². The Bertz CT molecular complexity index is 645. The molecule has 0 aliphatic carbocycles. The minimum Gasteiger partial charge on any atom is -0.366 e. The van der Waals surface area contributed by atoms with E-state index in [4.69, 9.17) is 5.73 Å². The fourth-order valence-corrected chi connectivity index (χ4v) is 3.51. The van der Waals surface area contributed by atoms with Crippen molar-refractivity contribution in [2.75, 3.05) is 26.2 Å². The summed E-state index contributed by atoms with van der Waals surface area (Å²) in [6.07, 6.45) is 3.60. The van der Waals surface area contributed by atoms with E-state index in [1.165, 1.54) is 6.07 Å². The summed E-state index contributed by atoms with van der Waals surface area (Å²) in [7, 11) is 0. The second-order valence-corrected chi connectivity index (χ2v) is 6.54. The van der Waals surface area contributed by atoms with Crippen molar-refractivity contribution in [3.8, 4) is 0 Å². The number of benzene rings is 1. The van der Waals surface area contributed by atoms with E-state index < -0.39 is 5.91 Å². The molecule has 0 aromatic heterocycles. The van der Waals surface area contributed by atoms with Gasteiger partial charge in [0.05, 0.1) is 0 Å². The SMILES string of the molecule is NC(=O)c1cccc(C(=O)N2CCC(C(=O)N3CCCC3)CC2)c1. The van der Waals surface area contributed by atoms with E-state index in [-0.39, 0.29) is 17.7 Å². The standard InChI is InChI=1S/C18H23N3O3/c19-16(22)14-4-3-5-15(12-14)18(24)21-10-6-13(7-11-21)17(23)20-8-1-2-9-20/h3-5,12-13H,1-2,6-11H2,(H2,19,22). The summed E-state index contributed by atoms with van der Waals surface area (Å²) in [4.78, 5) is 40.0. The number of hydrogen-bond acceptors (Lipinski definition) is 3. The van der Waals surface area contributed by atoms with Gasteiger partial charge in [0, 0.05) is 43.2 Å². The van der Waals surface area contributed by atoms with Gasteiger partial charge in [0.1, 0.15) is 0 Å². The highest BCUT2D eigenvalue weighted by atomic mass is 16.2. The van der Waals surface area contributed by atoms with Crippen molar-refractivity contribution in [1.82, 2.24) is 9.80 Å². The Morgan fingerprint density at radius 2 is 1.54 bits per heavy atom. The van der Waals surface area contributed by atoms with Crippen LogP contribution >= 0.6 is 0 Å². The minimum absolute atomic E-state index is 0.0316. The Kier molecular flexibility index (Phi) is 4.83. The van der Waals surface area contributed by atoms with Crippen molar-refractivity contribution in [2.45, 2.75) is 25.7 Å². The molecule has 0 saturated carbocycles. The molecule has 0 radical (unpaired) electrons. The van der Waals surface area contributed by atoms with Crippen LogP contribution in [0.25, 0.3) is 0 Å². The fraction of sp³-hybridized carbons (Fsp3) is 0.500. The maximum absolute atomic E-state index is 12.6. The molecule has 0 bridgehead atoms. The molecule has 1 aromatic carbocycles. The number of carbonyl (C=O) groups is 3. The highest BCUT2D eigenvalue weighted by Gasteiger charge is 2.31. The average Bonchev–Trinajstić information content (AvgIpc) is 3.15. The van der Waals surface area contributed by atoms with E-state index in [0.29, 0.717) is 37.1 Å². The molecule has 128 valence electrons. The van der Waals surface area contributed by atoms with Gasteiger partial charge in [-0.2, -0.15) is 0 Å². The first-order chi connectivity index (χ1) is 11.6. The molecular weight excluding hydrogens is 306 g/mol. The predicted octanol–water partition coefficient (Wildman–Crippen LogP) is 1.26. The number of piperidine rings is 1. The smallest absolute Gasteiger partial charge is 0.253 e. The Morgan fingerprint density at radius 1 is 0.917 bits per heavy atom. The molecule has 0 unspecified atom stereocenters. The molecule has 2 saturated heterocycles. The first kappa shape index (κ1) is 16.5. The van der Waals surface area contributed by atoms with Gasteiger partial charge in [0.25, 0.3) is 5.91 Å². The Labute approximate surface area is 141 Å². The molecule has 0 spiro atoms. The van der Waals surface area contributed by atoms with Crippen LogP contribution in [0.15, 0.2) is 24.3 Å². The van der Waals surface area contributed by atoms with Crippen LogP contribution in [0.1, 0.15) is 46.4 Å². The number of nitrogens with two attached hydrogens (primary N) is 1. The summed E-state index contributed by atoms with van der Waals surface area (Å²) < 4.78 is 0. The number of amides is 3. The first-order valence-corrected chi connectivity index (χ1v) is 8.54. The van der Waals surface area contributed by atoms with E-state index in [9.17, 15) is 14.4 Å². The van der Waals surface area contributed by atoms with Crippen LogP contribution in [-0.2, 0) is 4.79 Å². The van der Waals surface area contributed by atoms with Crippen LogP contribution in [0, 0.1) is 5.92 Å². The Hall–Kier alpha value is -2.37. The second-order valence-electron chi connectivity index (χ2n) is 6.54. The monoisotopic (exact) mass is 329 g/mol.